The monoisotopic (exact) mass is 381 g/mol. The number of pyridine rings is 1. The smallest absolute Gasteiger partial charge is 0.352 e. The standard InChI is InChI=1S/C18H19N7O3/c1-22(12-13-6-5-11-23(13)15-8-4-9-19-21-15)17-16(25(27)28)18(26)24-10-3-2-7-14(24)20-17/h2-4,7-10,13H,5-6,11-12H2,1H3. The maximum Gasteiger partial charge on any atom is 0.376 e. The van der Waals surface area contributed by atoms with E-state index in [0.717, 1.165) is 25.2 Å². The van der Waals surface area contributed by atoms with E-state index in [1.54, 1.807) is 36.3 Å². The number of hydrogen-bond acceptors (Lipinski definition) is 8. The predicted molar refractivity (Wildman–Crippen MR) is 104 cm³/mol. The number of fused-ring (bicyclic) bond motifs is 1. The van der Waals surface area contributed by atoms with Crippen LogP contribution in [0.25, 0.3) is 5.65 Å². The molecule has 4 rings (SSSR count). The molecule has 0 spiro atoms. The summed E-state index contributed by atoms with van der Waals surface area (Å²) in [6.45, 7) is 1.32. The molecule has 0 bridgehead atoms. The molecule has 3 aromatic rings. The summed E-state index contributed by atoms with van der Waals surface area (Å²) in [6.07, 6.45) is 5.01. The van der Waals surface area contributed by atoms with E-state index in [9.17, 15) is 14.9 Å². The third kappa shape index (κ3) is 3.13. The lowest BCUT2D eigenvalue weighted by atomic mass is 10.2. The van der Waals surface area contributed by atoms with Crippen LogP contribution in [0.4, 0.5) is 17.3 Å². The van der Waals surface area contributed by atoms with Gasteiger partial charge in [-0.3, -0.25) is 19.3 Å². The molecule has 1 unspecified atom stereocenters. The van der Waals surface area contributed by atoms with Gasteiger partial charge in [0.05, 0.1) is 4.92 Å². The largest absolute Gasteiger partial charge is 0.376 e. The van der Waals surface area contributed by atoms with E-state index in [2.05, 4.69) is 20.1 Å². The molecule has 1 aliphatic rings. The highest BCUT2D eigenvalue weighted by atomic mass is 16.6. The molecule has 1 fully saturated rings. The second kappa shape index (κ2) is 7.22. The number of anilines is 2. The summed E-state index contributed by atoms with van der Waals surface area (Å²) in [4.78, 5) is 31.8. The first-order valence-electron chi connectivity index (χ1n) is 8.97. The van der Waals surface area contributed by atoms with Crippen LogP contribution in [0.1, 0.15) is 12.8 Å². The molecule has 4 heterocycles. The first kappa shape index (κ1) is 17.8. The Morgan fingerprint density at radius 1 is 1.32 bits per heavy atom. The summed E-state index contributed by atoms with van der Waals surface area (Å²) in [5.41, 5.74) is -0.831. The molecule has 28 heavy (non-hydrogen) atoms. The van der Waals surface area contributed by atoms with Crippen LogP contribution in [0.5, 0.6) is 0 Å². The Bertz CT molecular complexity index is 1070. The highest BCUT2D eigenvalue weighted by molar-refractivity contribution is 5.61. The van der Waals surface area contributed by atoms with Gasteiger partial charge >= 0.3 is 11.2 Å². The quantitative estimate of drug-likeness (QED) is 0.483. The first-order chi connectivity index (χ1) is 13.6. The Morgan fingerprint density at radius 3 is 2.93 bits per heavy atom. The predicted octanol–water partition coefficient (Wildman–Crippen LogP) is 1.50. The van der Waals surface area contributed by atoms with Gasteiger partial charge in [0.2, 0.25) is 5.82 Å². The van der Waals surface area contributed by atoms with Crippen LogP contribution < -0.4 is 15.4 Å². The molecule has 0 aliphatic carbocycles. The number of rotatable bonds is 5. The van der Waals surface area contributed by atoms with E-state index in [4.69, 9.17) is 0 Å². The van der Waals surface area contributed by atoms with E-state index >= 15 is 0 Å². The summed E-state index contributed by atoms with van der Waals surface area (Å²) in [5.74, 6) is 0.853. The van der Waals surface area contributed by atoms with Gasteiger partial charge in [0.1, 0.15) is 5.65 Å². The van der Waals surface area contributed by atoms with Gasteiger partial charge < -0.3 is 9.80 Å². The fraction of sp³-hybridized carbons (Fsp3) is 0.333. The maximum absolute atomic E-state index is 12.6. The lowest BCUT2D eigenvalue weighted by Crippen LogP contribution is -2.40. The van der Waals surface area contributed by atoms with Crippen LogP contribution in [-0.4, -0.2) is 50.7 Å². The molecular formula is C18H19N7O3. The van der Waals surface area contributed by atoms with Gasteiger partial charge in [-0.05, 0) is 37.1 Å². The number of aromatic nitrogens is 4. The van der Waals surface area contributed by atoms with E-state index in [0.29, 0.717) is 12.2 Å². The van der Waals surface area contributed by atoms with Crippen LogP contribution in [0.3, 0.4) is 0 Å². The van der Waals surface area contributed by atoms with E-state index in [1.807, 2.05) is 12.1 Å². The molecule has 0 amide bonds. The molecule has 0 aromatic carbocycles. The minimum Gasteiger partial charge on any atom is -0.352 e. The highest BCUT2D eigenvalue weighted by Gasteiger charge is 2.31. The lowest BCUT2D eigenvalue weighted by Gasteiger charge is -2.29. The Labute approximate surface area is 160 Å². The molecule has 0 radical (unpaired) electrons. The third-order valence-corrected chi connectivity index (χ3v) is 4.95. The average molecular weight is 381 g/mol. The maximum atomic E-state index is 12.6. The molecule has 1 atom stereocenters. The minimum absolute atomic E-state index is 0.0761. The molecular weight excluding hydrogens is 362 g/mol. The van der Waals surface area contributed by atoms with Crippen molar-refractivity contribution in [3.05, 3.63) is 63.2 Å². The van der Waals surface area contributed by atoms with Crippen molar-refractivity contribution in [3.8, 4) is 0 Å². The second-order valence-corrected chi connectivity index (χ2v) is 6.73. The molecule has 1 saturated heterocycles. The molecule has 3 aromatic heterocycles. The van der Waals surface area contributed by atoms with Crippen molar-refractivity contribution in [2.45, 2.75) is 18.9 Å². The zero-order chi connectivity index (χ0) is 19.7. The van der Waals surface area contributed by atoms with Gasteiger partial charge in [-0.15, -0.1) is 5.10 Å². The van der Waals surface area contributed by atoms with Crippen molar-refractivity contribution < 1.29 is 4.92 Å². The van der Waals surface area contributed by atoms with Gasteiger partial charge in [-0.2, -0.15) is 5.10 Å². The van der Waals surface area contributed by atoms with Crippen LogP contribution >= 0.6 is 0 Å². The Hall–Kier alpha value is -3.56. The van der Waals surface area contributed by atoms with Crippen LogP contribution in [-0.2, 0) is 0 Å². The molecule has 1 aliphatic heterocycles. The zero-order valence-electron chi connectivity index (χ0n) is 15.3. The molecule has 144 valence electrons. The summed E-state index contributed by atoms with van der Waals surface area (Å²) in [5, 5.41) is 19.7. The topological polar surface area (TPSA) is 110 Å². The fourth-order valence-electron chi connectivity index (χ4n) is 3.67. The zero-order valence-corrected chi connectivity index (χ0v) is 15.3. The van der Waals surface area contributed by atoms with Crippen molar-refractivity contribution in [1.82, 2.24) is 19.6 Å². The Kier molecular flexibility index (Phi) is 4.60. The van der Waals surface area contributed by atoms with E-state index in [-0.39, 0.29) is 11.9 Å². The normalized spacial score (nSPS) is 16.5. The SMILES string of the molecule is CN(CC1CCCN1c1cccnn1)c1nc2ccccn2c(=O)c1[N+](=O)[O-]. The van der Waals surface area contributed by atoms with Crippen molar-refractivity contribution in [1.29, 1.82) is 0 Å². The summed E-state index contributed by atoms with van der Waals surface area (Å²) in [7, 11) is 1.72. The lowest BCUT2D eigenvalue weighted by molar-refractivity contribution is -0.385. The summed E-state index contributed by atoms with van der Waals surface area (Å²) >= 11 is 0. The molecule has 0 N–H and O–H groups in total. The van der Waals surface area contributed by atoms with Crippen molar-refractivity contribution >= 4 is 23.0 Å². The van der Waals surface area contributed by atoms with E-state index in [1.165, 1.54) is 10.6 Å². The molecule has 10 heteroatoms. The average Bonchev–Trinajstić information content (AvgIpc) is 3.16. The minimum atomic E-state index is -0.686. The van der Waals surface area contributed by atoms with Crippen LogP contribution in [0.2, 0.25) is 0 Å². The molecule has 0 saturated carbocycles. The van der Waals surface area contributed by atoms with Crippen LogP contribution in [0.15, 0.2) is 47.5 Å². The van der Waals surface area contributed by atoms with E-state index < -0.39 is 16.2 Å². The second-order valence-electron chi connectivity index (χ2n) is 6.73. The Morgan fingerprint density at radius 2 is 2.18 bits per heavy atom. The number of hydrogen-bond donors (Lipinski definition) is 0. The summed E-state index contributed by atoms with van der Waals surface area (Å²) < 4.78 is 1.19. The molecule has 10 nitrogen and oxygen atoms in total. The number of likely N-dealkylation sites (N-methyl/N-ethyl adjacent to an activating group) is 1. The number of nitrogens with zero attached hydrogens (tertiary/aromatic N) is 7. The van der Waals surface area contributed by atoms with Gasteiger partial charge in [0.15, 0.2) is 5.82 Å². The third-order valence-electron chi connectivity index (χ3n) is 4.95. The summed E-state index contributed by atoms with van der Waals surface area (Å²) in [6, 6.07) is 8.86. The van der Waals surface area contributed by atoms with Crippen molar-refractivity contribution in [2.24, 2.45) is 0 Å². The first-order valence-corrected chi connectivity index (χ1v) is 8.97. The highest BCUT2D eigenvalue weighted by Crippen LogP contribution is 2.27. The Balaban J connectivity index is 1.69. The van der Waals surface area contributed by atoms with Crippen molar-refractivity contribution in [3.63, 3.8) is 0 Å². The van der Waals surface area contributed by atoms with Gasteiger partial charge in [-0.25, -0.2) is 4.98 Å². The fourth-order valence-corrected chi connectivity index (χ4v) is 3.67. The van der Waals surface area contributed by atoms with Crippen molar-refractivity contribution in [2.75, 3.05) is 29.9 Å². The van der Waals surface area contributed by atoms with Gasteiger partial charge in [-0.1, -0.05) is 6.07 Å². The number of nitro groups is 1. The van der Waals surface area contributed by atoms with Gasteiger partial charge in [0, 0.05) is 38.6 Å². The van der Waals surface area contributed by atoms with Crippen LogP contribution in [0, 0.1) is 10.1 Å². The van der Waals surface area contributed by atoms with Gasteiger partial charge in [0.25, 0.3) is 0 Å².